The van der Waals surface area contributed by atoms with Gasteiger partial charge in [0.15, 0.2) is 5.78 Å². The highest BCUT2D eigenvalue weighted by molar-refractivity contribution is 6.07. The fourth-order valence-corrected chi connectivity index (χ4v) is 1.90. The number of hydrogen-bond donors (Lipinski definition) is 1. The highest BCUT2D eigenvalue weighted by atomic mass is 16.2. The Labute approximate surface area is 131 Å². The first-order valence-corrected chi connectivity index (χ1v) is 7.28. The number of anilines is 1. The summed E-state index contributed by atoms with van der Waals surface area (Å²) in [5.41, 5.74) is 1.51. The van der Waals surface area contributed by atoms with E-state index in [0.717, 1.165) is 0 Å². The number of nitrogens with one attached hydrogen (secondary N) is 1. The molecule has 5 heteroatoms. The van der Waals surface area contributed by atoms with Crippen LogP contribution in [0.15, 0.2) is 35.9 Å². The van der Waals surface area contributed by atoms with E-state index in [1.165, 1.54) is 13.0 Å². The van der Waals surface area contributed by atoms with Crippen molar-refractivity contribution in [3.05, 3.63) is 41.5 Å². The van der Waals surface area contributed by atoms with Gasteiger partial charge in [0, 0.05) is 36.0 Å². The Morgan fingerprint density at radius 2 is 1.59 bits per heavy atom. The van der Waals surface area contributed by atoms with Crippen LogP contribution in [0.4, 0.5) is 5.69 Å². The largest absolute Gasteiger partial charge is 0.340 e. The molecule has 118 valence electrons. The molecule has 0 heterocycles. The van der Waals surface area contributed by atoms with Crippen molar-refractivity contribution in [3.63, 3.8) is 0 Å². The van der Waals surface area contributed by atoms with E-state index in [2.05, 4.69) is 5.32 Å². The molecule has 0 fully saturated rings. The minimum atomic E-state index is -0.337. The van der Waals surface area contributed by atoms with Crippen molar-refractivity contribution in [2.24, 2.45) is 0 Å². The number of Topliss-reactive ketones (excluding diaryl/α,β-unsaturated/α-hetero) is 1. The predicted octanol–water partition coefficient (Wildman–Crippen LogP) is 2.64. The second-order valence-electron chi connectivity index (χ2n) is 4.93. The Balaban J connectivity index is 2.75. The Bertz CT molecular complexity index is 584. The van der Waals surface area contributed by atoms with E-state index in [9.17, 15) is 14.4 Å². The molecule has 0 atom stereocenters. The number of ketones is 1. The molecule has 0 bridgehead atoms. The van der Waals surface area contributed by atoms with Crippen molar-refractivity contribution in [1.29, 1.82) is 0 Å². The third-order valence-electron chi connectivity index (χ3n) is 3.32. The molecule has 0 radical (unpaired) electrons. The van der Waals surface area contributed by atoms with Gasteiger partial charge in [-0.1, -0.05) is 0 Å². The monoisotopic (exact) mass is 302 g/mol. The van der Waals surface area contributed by atoms with Crippen LogP contribution in [0.25, 0.3) is 0 Å². The zero-order valence-corrected chi connectivity index (χ0v) is 13.5. The number of nitrogens with zero attached hydrogens (tertiary/aromatic N) is 1. The zero-order chi connectivity index (χ0) is 16.7. The van der Waals surface area contributed by atoms with Crippen molar-refractivity contribution in [3.8, 4) is 0 Å². The number of rotatable bonds is 6. The van der Waals surface area contributed by atoms with Gasteiger partial charge >= 0.3 is 0 Å². The smallest absolute Gasteiger partial charge is 0.251 e. The minimum Gasteiger partial charge on any atom is -0.340 e. The summed E-state index contributed by atoms with van der Waals surface area (Å²) in [6.45, 7) is 8.07. The van der Waals surface area contributed by atoms with E-state index >= 15 is 0 Å². The third kappa shape index (κ3) is 4.84. The van der Waals surface area contributed by atoms with Gasteiger partial charge in [0.2, 0.25) is 5.91 Å². The number of benzene rings is 1. The van der Waals surface area contributed by atoms with Gasteiger partial charge in [-0.05, 0) is 52.0 Å². The average molecular weight is 302 g/mol. The lowest BCUT2D eigenvalue weighted by Crippen LogP contribution is -2.29. The maximum absolute atomic E-state index is 12.0. The van der Waals surface area contributed by atoms with Gasteiger partial charge in [-0.2, -0.15) is 0 Å². The maximum Gasteiger partial charge on any atom is 0.251 e. The van der Waals surface area contributed by atoms with Crippen LogP contribution < -0.4 is 5.32 Å². The molecule has 0 aliphatic heterocycles. The summed E-state index contributed by atoms with van der Waals surface area (Å²) in [6.07, 6.45) is 1.34. The van der Waals surface area contributed by atoms with Gasteiger partial charge in [-0.15, -0.1) is 0 Å². The van der Waals surface area contributed by atoms with Crippen molar-refractivity contribution < 1.29 is 14.4 Å². The number of hydrogen-bond acceptors (Lipinski definition) is 3. The summed E-state index contributed by atoms with van der Waals surface area (Å²) in [7, 11) is 0. The van der Waals surface area contributed by atoms with Crippen molar-refractivity contribution in [2.75, 3.05) is 18.4 Å². The molecule has 0 aliphatic carbocycles. The first kappa shape index (κ1) is 17.6. The summed E-state index contributed by atoms with van der Waals surface area (Å²) >= 11 is 0. The molecule has 0 aromatic heterocycles. The van der Waals surface area contributed by atoms with Gasteiger partial charge in [-0.25, -0.2) is 0 Å². The lowest BCUT2D eigenvalue weighted by Gasteiger charge is -2.16. The lowest BCUT2D eigenvalue weighted by atomic mass is 10.1. The highest BCUT2D eigenvalue weighted by Gasteiger charge is 2.11. The van der Waals surface area contributed by atoms with E-state index in [0.29, 0.717) is 29.9 Å². The molecule has 0 unspecified atom stereocenters. The first-order valence-electron chi connectivity index (χ1n) is 7.28. The minimum absolute atomic E-state index is 0.0289. The van der Waals surface area contributed by atoms with Crippen LogP contribution >= 0.6 is 0 Å². The zero-order valence-electron chi connectivity index (χ0n) is 13.5. The standard InChI is InChI=1S/C17H22N2O3/c1-5-19(6-2)16(21)11-12(3)17(22)18-15-9-7-14(8-10-15)13(4)20/h7-11H,5-6H2,1-4H3,(H,18,22)/b12-11-. The number of carbonyl (C=O) groups is 3. The molecule has 1 aromatic rings. The molecular formula is C17H22N2O3. The number of carbonyl (C=O) groups excluding carboxylic acids is 3. The van der Waals surface area contributed by atoms with Crippen LogP contribution in [0.2, 0.25) is 0 Å². The summed E-state index contributed by atoms with van der Waals surface area (Å²) in [4.78, 5) is 36.8. The lowest BCUT2D eigenvalue weighted by molar-refractivity contribution is -0.126. The van der Waals surface area contributed by atoms with Crippen molar-refractivity contribution >= 4 is 23.3 Å². The predicted molar refractivity (Wildman–Crippen MR) is 86.8 cm³/mol. The van der Waals surface area contributed by atoms with Gasteiger partial charge in [0.25, 0.3) is 5.91 Å². The second kappa shape index (κ2) is 8.12. The van der Waals surface area contributed by atoms with E-state index in [1.807, 2.05) is 13.8 Å². The van der Waals surface area contributed by atoms with Gasteiger partial charge < -0.3 is 10.2 Å². The quantitative estimate of drug-likeness (QED) is 0.649. The molecule has 2 amide bonds. The molecule has 22 heavy (non-hydrogen) atoms. The number of likely N-dealkylation sites (N-methyl/N-ethyl adjacent to an activating group) is 1. The highest BCUT2D eigenvalue weighted by Crippen LogP contribution is 2.11. The molecule has 1 rings (SSSR count). The van der Waals surface area contributed by atoms with Crippen LogP contribution in [0.5, 0.6) is 0 Å². The SMILES string of the molecule is CCN(CC)C(=O)/C=C(/C)C(=O)Nc1ccc(C(C)=O)cc1. The average Bonchev–Trinajstić information content (AvgIpc) is 2.48. The third-order valence-corrected chi connectivity index (χ3v) is 3.32. The van der Waals surface area contributed by atoms with Gasteiger partial charge in [-0.3, -0.25) is 14.4 Å². The van der Waals surface area contributed by atoms with E-state index in [4.69, 9.17) is 0 Å². The maximum atomic E-state index is 12.0. The van der Waals surface area contributed by atoms with E-state index in [1.54, 1.807) is 36.1 Å². The Morgan fingerprint density at radius 3 is 2.05 bits per heavy atom. The fraction of sp³-hybridized carbons (Fsp3) is 0.353. The summed E-state index contributed by atoms with van der Waals surface area (Å²) < 4.78 is 0. The van der Waals surface area contributed by atoms with Crippen molar-refractivity contribution in [1.82, 2.24) is 4.90 Å². The van der Waals surface area contributed by atoms with Gasteiger partial charge in [0.05, 0.1) is 0 Å². The summed E-state index contributed by atoms with van der Waals surface area (Å²) in [5.74, 6) is -0.542. The molecule has 1 aromatic carbocycles. The van der Waals surface area contributed by atoms with Crippen molar-refractivity contribution in [2.45, 2.75) is 27.7 Å². The van der Waals surface area contributed by atoms with Crippen LogP contribution in [-0.4, -0.2) is 35.6 Å². The molecule has 0 saturated carbocycles. The van der Waals surface area contributed by atoms with Crippen LogP contribution in [0.3, 0.4) is 0 Å². The van der Waals surface area contributed by atoms with E-state index in [-0.39, 0.29) is 17.6 Å². The Morgan fingerprint density at radius 1 is 1.05 bits per heavy atom. The summed E-state index contributed by atoms with van der Waals surface area (Å²) in [5, 5.41) is 2.70. The second-order valence-corrected chi connectivity index (χ2v) is 4.93. The molecular weight excluding hydrogens is 280 g/mol. The molecule has 1 N–H and O–H groups in total. The topological polar surface area (TPSA) is 66.5 Å². The fourth-order valence-electron chi connectivity index (χ4n) is 1.90. The van der Waals surface area contributed by atoms with E-state index < -0.39 is 0 Å². The molecule has 0 spiro atoms. The Hall–Kier alpha value is -2.43. The van der Waals surface area contributed by atoms with Crippen LogP contribution in [0, 0.1) is 0 Å². The molecule has 0 aliphatic rings. The van der Waals surface area contributed by atoms with Crippen LogP contribution in [0.1, 0.15) is 38.1 Å². The normalized spacial score (nSPS) is 11.0. The molecule has 0 saturated heterocycles. The number of amides is 2. The Kier molecular flexibility index (Phi) is 6.50. The van der Waals surface area contributed by atoms with Crippen LogP contribution in [-0.2, 0) is 9.59 Å². The first-order chi connectivity index (χ1) is 10.4. The van der Waals surface area contributed by atoms with Gasteiger partial charge in [0.1, 0.15) is 0 Å². The summed E-state index contributed by atoms with van der Waals surface area (Å²) in [6, 6.07) is 6.62. The molecule has 5 nitrogen and oxygen atoms in total.